The van der Waals surface area contributed by atoms with Crippen LogP contribution < -0.4 is 0 Å². The normalized spacial score (nSPS) is 12.7. The minimum Gasteiger partial charge on any atom is -0.481 e. The molecule has 0 aliphatic heterocycles. The van der Waals surface area contributed by atoms with E-state index >= 15 is 0 Å². The second-order valence-electron chi connectivity index (χ2n) is 3.18. The number of aryl methyl sites for hydroxylation is 1. The van der Waals surface area contributed by atoms with Crippen molar-refractivity contribution in [2.24, 2.45) is 5.92 Å². The summed E-state index contributed by atoms with van der Waals surface area (Å²) in [6.07, 6.45) is 0. The molecule has 1 N–H and O–H groups in total. The van der Waals surface area contributed by atoms with E-state index < -0.39 is 5.97 Å². The maximum absolute atomic E-state index is 10.5. The highest BCUT2D eigenvalue weighted by molar-refractivity contribution is 7.98. The third kappa shape index (κ3) is 3.41. The van der Waals surface area contributed by atoms with Crippen LogP contribution in [0.1, 0.15) is 18.4 Å². The smallest absolute Gasteiger partial charge is 0.307 e. The summed E-state index contributed by atoms with van der Waals surface area (Å²) >= 11 is 1.55. The Morgan fingerprint density at radius 2 is 2.50 bits per heavy atom. The van der Waals surface area contributed by atoms with E-state index in [4.69, 9.17) is 9.63 Å². The van der Waals surface area contributed by atoms with Crippen molar-refractivity contribution in [3.63, 3.8) is 0 Å². The zero-order valence-corrected chi connectivity index (χ0v) is 9.00. The summed E-state index contributed by atoms with van der Waals surface area (Å²) < 4.78 is 4.89. The summed E-state index contributed by atoms with van der Waals surface area (Å²) in [6.45, 7) is 3.53. The molecule has 1 aromatic heterocycles. The third-order valence-electron chi connectivity index (χ3n) is 1.72. The fraction of sp³-hybridized carbons (Fsp3) is 0.556. The molecular formula is C9H13NO3S. The molecule has 0 saturated heterocycles. The minimum atomic E-state index is -0.756. The zero-order valence-electron chi connectivity index (χ0n) is 8.19. The van der Waals surface area contributed by atoms with Crippen LogP contribution in [0.3, 0.4) is 0 Å². The van der Waals surface area contributed by atoms with Crippen LogP contribution in [0.5, 0.6) is 0 Å². The van der Waals surface area contributed by atoms with Gasteiger partial charge in [-0.25, -0.2) is 0 Å². The molecule has 78 valence electrons. The predicted octanol–water partition coefficient (Wildman–Crippen LogP) is 1.94. The van der Waals surface area contributed by atoms with Crippen molar-refractivity contribution in [1.82, 2.24) is 5.16 Å². The van der Waals surface area contributed by atoms with Gasteiger partial charge in [0.1, 0.15) is 5.76 Å². The first-order chi connectivity index (χ1) is 6.59. The molecule has 0 spiro atoms. The van der Waals surface area contributed by atoms with Gasteiger partial charge in [-0.05, 0) is 6.92 Å². The Morgan fingerprint density at radius 3 is 3.00 bits per heavy atom. The lowest BCUT2D eigenvalue weighted by atomic mass is 10.2. The van der Waals surface area contributed by atoms with Gasteiger partial charge in [0.15, 0.2) is 0 Å². The van der Waals surface area contributed by atoms with E-state index in [1.165, 1.54) is 0 Å². The van der Waals surface area contributed by atoms with Crippen molar-refractivity contribution < 1.29 is 14.4 Å². The lowest BCUT2D eigenvalue weighted by Gasteiger charge is -2.03. The number of thioether (sulfide) groups is 1. The Hall–Kier alpha value is -0.970. The van der Waals surface area contributed by atoms with Crippen molar-refractivity contribution in [3.8, 4) is 0 Å². The first-order valence-corrected chi connectivity index (χ1v) is 5.48. The van der Waals surface area contributed by atoms with Gasteiger partial charge in [0.25, 0.3) is 0 Å². The van der Waals surface area contributed by atoms with Crippen LogP contribution in [0.25, 0.3) is 0 Å². The summed E-state index contributed by atoms with van der Waals surface area (Å²) in [4.78, 5) is 10.5. The van der Waals surface area contributed by atoms with Crippen molar-refractivity contribution in [2.45, 2.75) is 19.6 Å². The van der Waals surface area contributed by atoms with Crippen LogP contribution in [-0.2, 0) is 10.5 Å². The molecule has 0 amide bonds. The first-order valence-electron chi connectivity index (χ1n) is 4.32. The molecule has 0 fully saturated rings. The molecule has 5 heteroatoms. The number of carboxylic acid groups (broad SMARTS) is 1. The lowest BCUT2D eigenvalue weighted by molar-refractivity contribution is -0.140. The van der Waals surface area contributed by atoms with Crippen LogP contribution >= 0.6 is 11.8 Å². The number of hydrogen-bond donors (Lipinski definition) is 1. The molecule has 0 bridgehead atoms. The quantitative estimate of drug-likeness (QED) is 0.813. The summed E-state index contributed by atoms with van der Waals surface area (Å²) in [5, 5.41) is 12.5. The fourth-order valence-corrected chi connectivity index (χ4v) is 1.86. The molecule has 1 heterocycles. The van der Waals surface area contributed by atoms with Gasteiger partial charge in [-0.2, -0.15) is 11.8 Å². The van der Waals surface area contributed by atoms with Gasteiger partial charge in [0.2, 0.25) is 0 Å². The molecule has 4 nitrogen and oxygen atoms in total. The lowest BCUT2D eigenvalue weighted by Crippen LogP contribution is -2.11. The molecule has 1 aromatic rings. The highest BCUT2D eigenvalue weighted by atomic mass is 32.2. The van der Waals surface area contributed by atoms with Crippen LogP contribution in [0.15, 0.2) is 10.6 Å². The Kier molecular flexibility index (Phi) is 4.00. The van der Waals surface area contributed by atoms with Crippen molar-refractivity contribution in [2.75, 3.05) is 5.75 Å². The topological polar surface area (TPSA) is 63.3 Å². The molecule has 0 saturated carbocycles. The maximum atomic E-state index is 10.5. The monoisotopic (exact) mass is 215 g/mol. The molecule has 1 atom stereocenters. The summed E-state index contributed by atoms with van der Waals surface area (Å²) in [7, 11) is 0. The van der Waals surface area contributed by atoms with Gasteiger partial charge >= 0.3 is 5.97 Å². The van der Waals surface area contributed by atoms with Crippen LogP contribution in [0, 0.1) is 12.8 Å². The van der Waals surface area contributed by atoms with E-state index in [2.05, 4.69) is 5.16 Å². The molecule has 0 aliphatic rings. The SMILES string of the molecule is Cc1cc(CSCC(C)C(=O)O)no1. The molecule has 14 heavy (non-hydrogen) atoms. The van der Waals surface area contributed by atoms with E-state index in [0.717, 1.165) is 11.5 Å². The zero-order chi connectivity index (χ0) is 10.6. The number of rotatable bonds is 5. The van der Waals surface area contributed by atoms with E-state index in [0.29, 0.717) is 11.5 Å². The van der Waals surface area contributed by atoms with Gasteiger partial charge in [0.05, 0.1) is 11.6 Å². The minimum absolute atomic E-state index is 0.312. The van der Waals surface area contributed by atoms with E-state index in [9.17, 15) is 4.79 Å². The van der Waals surface area contributed by atoms with E-state index in [-0.39, 0.29) is 5.92 Å². The number of nitrogens with zero attached hydrogens (tertiary/aromatic N) is 1. The van der Waals surface area contributed by atoms with Gasteiger partial charge in [-0.15, -0.1) is 0 Å². The Labute approximate surface area is 86.7 Å². The fourth-order valence-electron chi connectivity index (χ4n) is 0.898. The van der Waals surface area contributed by atoms with E-state index in [1.54, 1.807) is 18.7 Å². The van der Waals surface area contributed by atoms with E-state index in [1.807, 2.05) is 13.0 Å². The molecule has 0 aromatic carbocycles. The molecule has 1 unspecified atom stereocenters. The van der Waals surface area contributed by atoms with Crippen molar-refractivity contribution in [1.29, 1.82) is 0 Å². The standard InChI is InChI=1S/C9H13NO3S/c1-6(9(11)12)4-14-5-8-3-7(2)13-10-8/h3,6H,4-5H2,1-2H3,(H,11,12). The summed E-state index contributed by atoms with van der Waals surface area (Å²) in [5.41, 5.74) is 0.866. The number of hydrogen-bond acceptors (Lipinski definition) is 4. The van der Waals surface area contributed by atoms with Crippen LogP contribution in [0.2, 0.25) is 0 Å². The second kappa shape index (κ2) is 5.05. The Balaban J connectivity index is 2.25. The van der Waals surface area contributed by atoms with Gasteiger partial charge in [-0.1, -0.05) is 12.1 Å². The highest BCUT2D eigenvalue weighted by Gasteiger charge is 2.10. The molecule has 1 rings (SSSR count). The average Bonchev–Trinajstić information content (AvgIpc) is 2.51. The predicted molar refractivity (Wildman–Crippen MR) is 54.2 cm³/mol. The highest BCUT2D eigenvalue weighted by Crippen LogP contribution is 2.15. The van der Waals surface area contributed by atoms with Crippen LogP contribution in [-0.4, -0.2) is 22.0 Å². The number of carboxylic acids is 1. The molecule has 0 aliphatic carbocycles. The third-order valence-corrected chi connectivity index (χ3v) is 2.95. The van der Waals surface area contributed by atoms with Gasteiger partial charge < -0.3 is 9.63 Å². The summed E-state index contributed by atoms with van der Waals surface area (Å²) in [6, 6.07) is 1.86. The second-order valence-corrected chi connectivity index (χ2v) is 4.21. The first kappa shape index (κ1) is 11.1. The summed E-state index contributed by atoms with van der Waals surface area (Å²) in [5.74, 6) is 1.02. The Bertz CT molecular complexity index is 311. The van der Waals surface area contributed by atoms with Gasteiger partial charge in [-0.3, -0.25) is 4.79 Å². The van der Waals surface area contributed by atoms with Crippen molar-refractivity contribution >= 4 is 17.7 Å². The number of aliphatic carboxylic acids is 1. The number of carbonyl (C=O) groups is 1. The Morgan fingerprint density at radius 1 is 1.79 bits per heavy atom. The van der Waals surface area contributed by atoms with Crippen molar-refractivity contribution in [3.05, 3.63) is 17.5 Å². The van der Waals surface area contributed by atoms with Crippen LogP contribution in [0.4, 0.5) is 0 Å². The number of aromatic nitrogens is 1. The largest absolute Gasteiger partial charge is 0.481 e. The maximum Gasteiger partial charge on any atom is 0.307 e. The molecular weight excluding hydrogens is 202 g/mol. The van der Waals surface area contributed by atoms with Gasteiger partial charge in [0, 0.05) is 17.6 Å². The average molecular weight is 215 g/mol. The molecule has 0 radical (unpaired) electrons.